The molecule has 0 unspecified atom stereocenters. The molecule has 0 aromatic heterocycles. The van der Waals surface area contributed by atoms with Crippen LogP contribution in [0.15, 0.2) is 5.11 Å². The normalized spacial score (nSPS) is 16.4. The Bertz CT molecular complexity index is 689. The highest BCUT2D eigenvalue weighted by Crippen LogP contribution is 2.19. The van der Waals surface area contributed by atoms with Gasteiger partial charge in [0.2, 0.25) is 0 Å². The van der Waals surface area contributed by atoms with Crippen LogP contribution in [0.3, 0.4) is 0 Å². The Labute approximate surface area is 164 Å². The molecule has 13 nitrogen and oxygen atoms in total. The largest absolute Gasteiger partial charge is 0.333 e. The van der Waals surface area contributed by atoms with Crippen molar-refractivity contribution in [1.82, 2.24) is 10.1 Å². The lowest BCUT2D eigenvalue weighted by atomic mass is 9.98. The summed E-state index contributed by atoms with van der Waals surface area (Å²) in [4.78, 5) is 81.6. The zero-order chi connectivity index (χ0) is 21.4. The van der Waals surface area contributed by atoms with E-state index in [2.05, 4.69) is 10.0 Å². The average molecular weight is 409 g/mol. The van der Waals surface area contributed by atoms with E-state index in [-0.39, 0.29) is 57.9 Å². The summed E-state index contributed by atoms with van der Waals surface area (Å²) in [5.74, 6) is -4.40. The summed E-state index contributed by atoms with van der Waals surface area (Å²) in [5, 5.41) is 4.30. The molecule has 2 fully saturated rings. The van der Waals surface area contributed by atoms with Gasteiger partial charge in [-0.15, -0.1) is 10.1 Å². The molecule has 0 saturated carbocycles. The zero-order valence-electron chi connectivity index (χ0n) is 15.4. The summed E-state index contributed by atoms with van der Waals surface area (Å²) in [6.45, 7) is -0.0137. The molecule has 2 aliphatic heterocycles. The second-order valence-corrected chi connectivity index (χ2v) is 6.45. The predicted molar refractivity (Wildman–Crippen MR) is 90.3 cm³/mol. The van der Waals surface area contributed by atoms with E-state index in [0.29, 0.717) is 10.1 Å². The third kappa shape index (κ3) is 6.28. The van der Waals surface area contributed by atoms with Crippen molar-refractivity contribution in [3.63, 3.8) is 0 Å². The van der Waals surface area contributed by atoms with Gasteiger partial charge in [0.15, 0.2) is 0 Å². The van der Waals surface area contributed by atoms with Crippen molar-refractivity contribution >= 4 is 35.6 Å². The number of hydrogen-bond donors (Lipinski definition) is 0. The minimum absolute atomic E-state index is 0.0137. The molecule has 4 amide bonds. The van der Waals surface area contributed by atoms with Crippen LogP contribution in [0.4, 0.5) is 0 Å². The van der Waals surface area contributed by atoms with E-state index >= 15 is 0 Å². The minimum Gasteiger partial charge on any atom is -0.330 e. The quantitative estimate of drug-likeness (QED) is 0.219. The molecule has 2 saturated heterocycles. The monoisotopic (exact) mass is 409 g/mol. The number of carbonyl (C=O) groups excluding carboxylic acids is 6. The fraction of sp³-hybridized carbons (Fsp3) is 0.625. The summed E-state index contributed by atoms with van der Waals surface area (Å²) in [6, 6.07) is 0. The molecular formula is C16H19N5O8. The van der Waals surface area contributed by atoms with Gasteiger partial charge in [-0.2, -0.15) is 0 Å². The standard InChI is InChI=1S/C16H19N5O8/c17-19-18-9-10(1-7-15(26)28-20-11(22)3-4-12(20)23)2-8-16(27)29-21-13(24)5-6-14(21)25/h10H,1-9H2. The number of imide groups is 2. The molecule has 13 heteroatoms. The molecule has 0 aliphatic carbocycles. The minimum atomic E-state index is -0.810. The number of carbonyl (C=O) groups is 6. The van der Waals surface area contributed by atoms with Crippen LogP contribution in [0.2, 0.25) is 0 Å². The Balaban J connectivity index is 1.79. The first-order chi connectivity index (χ1) is 13.8. The number of rotatable bonds is 10. The second kappa shape index (κ2) is 10.2. The van der Waals surface area contributed by atoms with Gasteiger partial charge in [-0.25, -0.2) is 9.59 Å². The molecule has 2 aliphatic rings. The van der Waals surface area contributed by atoms with Gasteiger partial charge < -0.3 is 9.68 Å². The summed E-state index contributed by atoms with van der Waals surface area (Å²) >= 11 is 0. The van der Waals surface area contributed by atoms with Crippen LogP contribution in [0.1, 0.15) is 51.4 Å². The first-order valence-corrected chi connectivity index (χ1v) is 8.95. The summed E-state index contributed by atoms with van der Waals surface area (Å²) in [7, 11) is 0. The van der Waals surface area contributed by atoms with E-state index in [0.717, 1.165) is 0 Å². The van der Waals surface area contributed by atoms with Gasteiger partial charge in [0, 0.05) is 50.0 Å². The topological polar surface area (TPSA) is 176 Å². The van der Waals surface area contributed by atoms with Gasteiger partial charge >= 0.3 is 11.9 Å². The Morgan fingerprint density at radius 2 is 1.24 bits per heavy atom. The molecule has 0 N–H and O–H groups in total. The molecular weight excluding hydrogens is 390 g/mol. The zero-order valence-corrected chi connectivity index (χ0v) is 15.4. The van der Waals surface area contributed by atoms with Gasteiger partial charge in [0.05, 0.1) is 0 Å². The highest BCUT2D eigenvalue weighted by Gasteiger charge is 2.34. The Hall–Kier alpha value is -3.47. The summed E-state index contributed by atoms with van der Waals surface area (Å²) in [6.07, 6.45) is -0.121. The smallest absolute Gasteiger partial charge is 0.330 e. The van der Waals surface area contributed by atoms with Crippen LogP contribution in [-0.2, 0) is 38.4 Å². The number of azide groups is 1. The molecule has 2 rings (SSSR count). The van der Waals surface area contributed by atoms with E-state index in [9.17, 15) is 28.8 Å². The van der Waals surface area contributed by atoms with Crippen LogP contribution in [0, 0.1) is 5.92 Å². The fourth-order valence-electron chi connectivity index (χ4n) is 2.73. The average Bonchev–Trinajstić information content (AvgIpc) is 3.17. The second-order valence-electron chi connectivity index (χ2n) is 6.45. The van der Waals surface area contributed by atoms with E-state index in [1.165, 1.54) is 0 Å². The van der Waals surface area contributed by atoms with Crippen LogP contribution in [0.25, 0.3) is 10.4 Å². The van der Waals surface area contributed by atoms with Gasteiger partial charge in [-0.1, -0.05) is 5.11 Å². The maximum atomic E-state index is 11.9. The number of amides is 4. The fourth-order valence-corrected chi connectivity index (χ4v) is 2.73. The Morgan fingerprint density at radius 3 is 1.59 bits per heavy atom. The van der Waals surface area contributed by atoms with Crippen LogP contribution in [0.5, 0.6) is 0 Å². The lowest BCUT2D eigenvalue weighted by molar-refractivity contribution is -0.198. The molecule has 2 heterocycles. The van der Waals surface area contributed by atoms with Gasteiger partial charge in [0.25, 0.3) is 23.6 Å². The number of hydrogen-bond acceptors (Lipinski definition) is 9. The molecule has 0 atom stereocenters. The van der Waals surface area contributed by atoms with Crippen molar-refractivity contribution in [2.75, 3.05) is 6.54 Å². The summed E-state index contributed by atoms with van der Waals surface area (Å²) in [5.41, 5.74) is 8.48. The van der Waals surface area contributed by atoms with Gasteiger partial charge in [-0.3, -0.25) is 19.2 Å². The van der Waals surface area contributed by atoms with Crippen molar-refractivity contribution in [3.05, 3.63) is 10.4 Å². The number of hydroxylamine groups is 4. The lowest BCUT2D eigenvalue weighted by Crippen LogP contribution is -2.32. The first-order valence-electron chi connectivity index (χ1n) is 8.95. The Kier molecular flexibility index (Phi) is 7.66. The maximum absolute atomic E-state index is 11.9. The molecule has 0 radical (unpaired) electrons. The number of nitrogens with zero attached hydrogens (tertiary/aromatic N) is 5. The molecule has 0 aromatic carbocycles. The van der Waals surface area contributed by atoms with Crippen molar-refractivity contribution in [2.45, 2.75) is 51.4 Å². The first kappa shape index (κ1) is 21.8. The third-order valence-electron chi connectivity index (χ3n) is 4.31. The lowest BCUT2D eigenvalue weighted by Gasteiger charge is -2.16. The van der Waals surface area contributed by atoms with Crippen molar-refractivity contribution < 1.29 is 38.4 Å². The maximum Gasteiger partial charge on any atom is 0.333 e. The van der Waals surface area contributed by atoms with Gasteiger partial charge in [-0.05, 0) is 24.3 Å². The highest BCUT2D eigenvalue weighted by atomic mass is 16.7. The van der Waals surface area contributed by atoms with Crippen LogP contribution in [-0.4, -0.2) is 52.2 Å². The van der Waals surface area contributed by atoms with Crippen LogP contribution >= 0.6 is 0 Å². The van der Waals surface area contributed by atoms with E-state index in [4.69, 9.17) is 15.2 Å². The molecule has 29 heavy (non-hydrogen) atoms. The molecule has 0 aromatic rings. The van der Waals surface area contributed by atoms with Crippen LogP contribution < -0.4 is 0 Å². The van der Waals surface area contributed by atoms with E-state index < -0.39 is 41.5 Å². The predicted octanol–water partition coefficient (Wildman–Crippen LogP) is 0.688. The van der Waals surface area contributed by atoms with Crippen molar-refractivity contribution in [2.24, 2.45) is 11.0 Å². The van der Waals surface area contributed by atoms with Crippen molar-refractivity contribution in [1.29, 1.82) is 0 Å². The summed E-state index contributed by atoms with van der Waals surface area (Å²) < 4.78 is 0. The highest BCUT2D eigenvalue weighted by molar-refractivity contribution is 6.02. The molecule has 156 valence electrons. The SMILES string of the molecule is [N-]=[N+]=NCC(CCC(=O)ON1C(=O)CCC1=O)CCC(=O)ON1C(=O)CCC1=O. The molecule has 0 bridgehead atoms. The Morgan fingerprint density at radius 1 is 0.862 bits per heavy atom. The van der Waals surface area contributed by atoms with Gasteiger partial charge in [0.1, 0.15) is 0 Å². The van der Waals surface area contributed by atoms with Crippen molar-refractivity contribution in [3.8, 4) is 0 Å². The van der Waals surface area contributed by atoms with E-state index in [1.54, 1.807) is 0 Å². The van der Waals surface area contributed by atoms with E-state index in [1.807, 2.05) is 0 Å². The third-order valence-corrected chi connectivity index (χ3v) is 4.31. The molecule has 0 spiro atoms.